The summed E-state index contributed by atoms with van der Waals surface area (Å²) in [5.74, 6) is 0.600. The van der Waals surface area contributed by atoms with Crippen molar-refractivity contribution in [1.82, 2.24) is 14.9 Å². The number of rotatable bonds is 5. The molecule has 2 fully saturated rings. The molecule has 1 amide bonds. The molecule has 1 aromatic rings. The number of aromatic nitrogens is 2. The number of carbonyl (C=O) groups is 1. The number of nitrogens with zero attached hydrogens (tertiary/aromatic N) is 4. The van der Waals surface area contributed by atoms with E-state index >= 15 is 0 Å². The summed E-state index contributed by atoms with van der Waals surface area (Å²) >= 11 is 6.56. The van der Waals surface area contributed by atoms with Gasteiger partial charge in [0.2, 0.25) is 5.95 Å². The lowest BCUT2D eigenvalue weighted by Crippen LogP contribution is -2.44. The van der Waals surface area contributed by atoms with Gasteiger partial charge in [0.05, 0.1) is 24.9 Å². The third-order valence-electron chi connectivity index (χ3n) is 5.82. The van der Waals surface area contributed by atoms with E-state index in [0.717, 1.165) is 17.7 Å². The van der Waals surface area contributed by atoms with Crippen molar-refractivity contribution in [3.05, 3.63) is 16.4 Å². The third-order valence-corrected chi connectivity index (χ3v) is 6.13. The SMILES string of the molecule is C[C@H]1COCCN1c1nc(Cl)c(CCO)c(C[C@@]2(C)CCN(C(=O)OC(C)(C)C)C2)n1. The molecular formula is C22H35ClN4O4. The van der Waals surface area contributed by atoms with Crippen LogP contribution in [-0.4, -0.2) is 77.2 Å². The second-order valence-electron chi connectivity index (χ2n) is 9.97. The number of carbonyl (C=O) groups excluding carboxylic acids is 1. The molecule has 2 aliphatic rings. The molecule has 0 bridgehead atoms. The van der Waals surface area contributed by atoms with Crippen LogP contribution in [0.5, 0.6) is 0 Å². The van der Waals surface area contributed by atoms with Crippen molar-refractivity contribution >= 4 is 23.6 Å². The highest BCUT2D eigenvalue weighted by molar-refractivity contribution is 6.30. The Morgan fingerprint density at radius 1 is 1.35 bits per heavy atom. The first-order chi connectivity index (χ1) is 14.5. The average Bonchev–Trinajstić information content (AvgIpc) is 3.05. The van der Waals surface area contributed by atoms with E-state index in [9.17, 15) is 9.90 Å². The van der Waals surface area contributed by atoms with Crippen molar-refractivity contribution in [1.29, 1.82) is 0 Å². The fourth-order valence-corrected chi connectivity index (χ4v) is 4.48. The van der Waals surface area contributed by atoms with Crippen LogP contribution in [0.25, 0.3) is 0 Å². The molecule has 31 heavy (non-hydrogen) atoms. The van der Waals surface area contributed by atoms with Crippen LogP contribution in [0.4, 0.5) is 10.7 Å². The summed E-state index contributed by atoms with van der Waals surface area (Å²) in [6.45, 7) is 13.0. The number of aliphatic hydroxyl groups excluding tert-OH is 1. The van der Waals surface area contributed by atoms with Gasteiger partial charge < -0.3 is 24.4 Å². The lowest BCUT2D eigenvalue weighted by molar-refractivity contribution is 0.0275. The zero-order chi connectivity index (χ0) is 22.8. The molecule has 9 heteroatoms. The van der Waals surface area contributed by atoms with Crippen LogP contribution >= 0.6 is 11.6 Å². The van der Waals surface area contributed by atoms with Crippen molar-refractivity contribution in [2.45, 2.75) is 65.5 Å². The molecule has 0 aliphatic carbocycles. The predicted molar refractivity (Wildman–Crippen MR) is 120 cm³/mol. The summed E-state index contributed by atoms with van der Waals surface area (Å²) in [7, 11) is 0. The first-order valence-corrected chi connectivity index (χ1v) is 11.4. The smallest absolute Gasteiger partial charge is 0.410 e. The minimum atomic E-state index is -0.520. The highest BCUT2D eigenvalue weighted by Crippen LogP contribution is 2.36. The molecule has 2 saturated heterocycles. The monoisotopic (exact) mass is 454 g/mol. The van der Waals surface area contributed by atoms with Gasteiger partial charge in [-0.15, -0.1) is 0 Å². The lowest BCUT2D eigenvalue weighted by Gasteiger charge is -2.34. The van der Waals surface area contributed by atoms with Crippen molar-refractivity contribution in [2.75, 3.05) is 44.4 Å². The number of ether oxygens (including phenoxy) is 2. The largest absolute Gasteiger partial charge is 0.444 e. The molecule has 3 rings (SSSR count). The number of morpholine rings is 1. The van der Waals surface area contributed by atoms with E-state index in [4.69, 9.17) is 26.1 Å². The van der Waals surface area contributed by atoms with Gasteiger partial charge >= 0.3 is 6.09 Å². The first kappa shape index (κ1) is 24.0. The van der Waals surface area contributed by atoms with Crippen LogP contribution < -0.4 is 4.90 Å². The Morgan fingerprint density at radius 2 is 2.10 bits per heavy atom. The molecule has 1 N–H and O–H groups in total. The fourth-order valence-electron chi connectivity index (χ4n) is 4.20. The normalized spacial score (nSPS) is 24.5. The highest BCUT2D eigenvalue weighted by Gasteiger charge is 2.39. The minimum Gasteiger partial charge on any atom is -0.444 e. The fraction of sp³-hybridized carbons (Fsp3) is 0.773. The molecule has 0 unspecified atom stereocenters. The molecule has 3 heterocycles. The maximum Gasteiger partial charge on any atom is 0.410 e. The maximum absolute atomic E-state index is 12.5. The molecule has 2 atom stereocenters. The van der Waals surface area contributed by atoms with Crippen molar-refractivity contribution in [3.8, 4) is 0 Å². The van der Waals surface area contributed by atoms with E-state index in [-0.39, 0.29) is 24.2 Å². The number of likely N-dealkylation sites (tertiary alicyclic amines) is 1. The predicted octanol–water partition coefficient (Wildman–Crippen LogP) is 3.08. The molecular weight excluding hydrogens is 420 g/mol. The molecule has 0 saturated carbocycles. The summed E-state index contributed by atoms with van der Waals surface area (Å²) in [5, 5.41) is 9.95. The summed E-state index contributed by atoms with van der Waals surface area (Å²) in [6.07, 6.45) is 1.61. The van der Waals surface area contributed by atoms with Gasteiger partial charge in [-0.05, 0) is 46.0 Å². The summed E-state index contributed by atoms with van der Waals surface area (Å²) in [5.41, 5.74) is 0.947. The van der Waals surface area contributed by atoms with Crippen LogP contribution in [0.3, 0.4) is 0 Å². The summed E-state index contributed by atoms with van der Waals surface area (Å²) < 4.78 is 11.1. The van der Waals surface area contributed by atoms with Gasteiger partial charge in [0.15, 0.2) is 0 Å². The van der Waals surface area contributed by atoms with Crippen molar-refractivity contribution in [3.63, 3.8) is 0 Å². The van der Waals surface area contributed by atoms with Crippen LogP contribution in [0.15, 0.2) is 0 Å². The van der Waals surface area contributed by atoms with Crippen LogP contribution in [0.2, 0.25) is 5.15 Å². The van der Waals surface area contributed by atoms with E-state index in [1.807, 2.05) is 20.8 Å². The zero-order valence-corrected chi connectivity index (χ0v) is 20.0. The van der Waals surface area contributed by atoms with Gasteiger partial charge in [-0.25, -0.2) is 14.8 Å². The second kappa shape index (κ2) is 9.46. The van der Waals surface area contributed by atoms with Crippen LogP contribution in [-0.2, 0) is 22.3 Å². The van der Waals surface area contributed by atoms with Crippen LogP contribution in [0, 0.1) is 5.41 Å². The average molecular weight is 455 g/mol. The Labute approximate surface area is 189 Å². The van der Waals surface area contributed by atoms with E-state index in [1.54, 1.807) is 4.90 Å². The molecule has 8 nitrogen and oxygen atoms in total. The number of anilines is 1. The van der Waals surface area contributed by atoms with Gasteiger partial charge in [-0.3, -0.25) is 0 Å². The highest BCUT2D eigenvalue weighted by atomic mass is 35.5. The molecule has 0 spiro atoms. The van der Waals surface area contributed by atoms with Crippen LogP contribution in [0.1, 0.15) is 52.3 Å². The Kier molecular flexibility index (Phi) is 7.33. The summed E-state index contributed by atoms with van der Waals surface area (Å²) in [4.78, 5) is 25.8. The second-order valence-corrected chi connectivity index (χ2v) is 10.3. The molecule has 2 aliphatic heterocycles. The topological polar surface area (TPSA) is 88.0 Å². The van der Waals surface area contributed by atoms with Gasteiger partial charge in [-0.2, -0.15) is 0 Å². The van der Waals surface area contributed by atoms with Gasteiger partial charge in [0.1, 0.15) is 10.8 Å². The maximum atomic E-state index is 12.5. The Morgan fingerprint density at radius 3 is 2.74 bits per heavy atom. The summed E-state index contributed by atoms with van der Waals surface area (Å²) in [6, 6.07) is 0.158. The van der Waals surface area contributed by atoms with E-state index in [2.05, 4.69) is 23.7 Å². The number of halogens is 1. The first-order valence-electron chi connectivity index (χ1n) is 11.0. The molecule has 0 radical (unpaired) electrons. The molecule has 1 aromatic heterocycles. The zero-order valence-electron chi connectivity index (χ0n) is 19.3. The number of hydrogen-bond donors (Lipinski definition) is 1. The van der Waals surface area contributed by atoms with Gasteiger partial charge in [0, 0.05) is 38.2 Å². The van der Waals surface area contributed by atoms with E-state index in [1.165, 1.54) is 0 Å². The molecule has 174 valence electrons. The van der Waals surface area contributed by atoms with Crippen molar-refractivity contribution < 1.29 is 19.4 Å². The van der Waals surface area contributed by atoms with E-state index < -0.39 is 5.60 Å². The number of aliphatic hydroxyl groups is 1. The number of hydrogen-bond acceptors (Lipinski definition) is 7. The third kappa shape index (κ3) is 5.99. The van der Waals surface area contributed by atoms with Gasteiger partial charge in [-0.1, -0.05) is 18.5 Å². The Hall–Kier alpha value is -1.64. The quantitative estimate of drug-likeness (QED) is 0.684. The minimum absolute atomic E-state index is 0.0237. The standard InChI is InChI=1S/C22H35ClN4O4/c1-15-13-30-11-9-27(15)19-24-17(16(6-10-28)18(23)25-19)12-22(5)7-8-26(14-22)20(29)31-21(2,3)4/h15,28H,6-14H2,1-5H3/t15-,22+/m0/s1. The Bertz CT molecular complexity index is 800. The molecule has 0 aromatic carbocycles. The lowest BCUT2D eigenvalue weighted by atomic mass is 9.83. The number of amides is 1. The Balaban J connectivity index is 1.83. The van der Waals surface area contributed by atoms with Gasteiger partial charge in [0.25, 0.3) is 0 Å². The van der Waals surface area contributed by atoms with E-state index in [0.29, 0.717) is 56.8 Å². The van der Waals surface area contributed by atoms with Crippen molar-refractivity contribution in [2.24, 2.45) is 5.41 Å².